The molecule has 0 saturated carbocycles. The van der Waals surface area contributed by atoms with E-state index in [2.05, 4.69) is 23.3 Å². The molecule has 22 heavy (non-hydrogen) atoms. The molecule has 1 heterocycles. The largest absolute Gasteiger partial charge is 0.319 e. The lowest BCUT2D eigenvalue weighted by atomic mass is 9.91. The zero-order chi connectivity index (χ0) is 16.5. The van der Waals surface area contributed by atoms with Gasteiger partial charge in [0.1, 0.15) is 5.82 Å². The number of hydrogen-bond acceptors (Lipinski definition) is 2. The first-order valence-corrected chi connectivity index (χ1v) is 7.93. The second-order valence-electron chi connectivity index (χ2n) is 5.20. The molecule has 2 nitrogen and oxygen atoms in total. The molecule has 1 aromatic carbocycles. The van der Waals surface area contributed by atoms with Gasteiger partial charge in [-0.1, -0.05) is 32.0 Å². The van der Waals surface area contributed by atoms with E-state index in [1.54, 1.807) is 12.3 Å². The standard InChI is InChI=1S/C17H21FN2.C2H6/c1-12-6-4-8-16(18)15(12)10-14(11-19-3)17-13(2)7-5-9-20-17;1-2/h4-9,14,19H,10-11H2,1-3H3;1-2H3/t14-;/m0./s1. The molecule has 0 spiro atoms. The maximum Gasteiger partial charge on any atom is 0.126 e. The molecular weight excluding hydrogens is 275 g/mol. The zero-order valence-corrected chi connectivity index (χ0v) is 14.3. The highest BCUT2D eigenvalue weighted by atomic mass is 19.1. The normalized spacial score (nSPS) is 11.5. The van der Waals surface area contributed by atoms with Gasteiger partial charge in [-0.15, -0.1) is 0 Å². The summed E-state index contributed by atoms with van der Waals surface area (Å²) in [5.74, 6) is 0.0523. The van der Waals surface area contributed by atoms with E-state index in [-0.39, 0.29) is 11.7 Å². The molecule has 0 aliphatic heterocycles. The molecule has 0 aliphatic rings. The van der Waals surface area contributed by atoms with Gasteiger partial charge in [0.05, 0.1) is 0 Å². The number of hydrogen-bond donors (Lipinski definition) is 1. The molecular formula is C19H27FN2. The number of nitrogens with one attached hydrogen (secondary N) is 1. The summed E-state index contributed by atoms with van der Waals surface area (Å²) in [5.41, 5.74) is 3.99. The lowest BCUT2D eigenvalue weighted by molar-refractivity contribution is 0.564. The summed E-state index contributed by atoms with van der Waals surface area (Å²) >= 11 is 0. The predicted octanol–water partition coefficient (Wildman–Crippen LogP) is 4.41. The molecule has 2 aromatic rings. The molecule has 0 amide bonds. The Morgan fingerprint density at radius 1 is 1.09 bits per heavy atom. The van der Waals surface area contributed by atoms with Gasteiger partial charge in [-0.25, -0.2) is 4.39 Å². The van der Waals surface area contributed by atoms with Crippen molar-refractivity contribution in [1.29, 1.82) is 0 Å². The molecule has 1 N–H and O–H groups in total. The first-order chi connectivity index (χ1) is 10.6. The van der Waals surface area contributed by atoms with Crippen molar-refractivity contribution in [2.45, 2.75) is 40.0 Å². The van der Waals surface area contributed by atoms with Crippen LogP contribution in [0.25, 0.3) is 0 Å². The van der Waals surface area contributed by atoms with E-state index in [4.69, 9.17) is 0 Å². The Hall–Kier alpha value is -1.74. The minimum Gasteiger partial charge on any atom is -0.319 e. The van der Waals surface area contributed by atoms with Gasteiger partial charge in [-0.2, -0.15) is 0 Å². The van der Waals surface area contributed by atoms with Crippen LogP contribution >= 0.6 is 0 Å². The van der Waals surface area contributed by atoms with E-state index in [1.807, 2.05) is 40.0 Å². The molecule has 2 rings (SSSR count). The third-order valence-electron chi connectivity index (χ3n) is 3.69. The van der Waals surface area contributed by atoms with Crippen LogP contribution in [0.2, 0.25) is 0 Å². The maximum absolute atomic E-state index is 14.0. The van der Waals surface area contributed by atoms with Crippen LogP contribution in [-0.2, 0) is 6.42 Å². The molecule has 1 aromatic heterocycles. The van der Waals surface area contributed by atoms with E-state index in [9.17, 15) is 4.39 Å². The Bertz CT molecular complexity index is 561. The van der Waals surface area contributed by atoms with Crippen molar-refractivity contribution in [3.63, 3.8) is 0 Å². The van der Waals surface area contributed by atoms with Gasteiger partial charge >= 0.3 is 0 Å². The van der Waals surface area contributed by atoms with Crippen molar-refractivity contribution in [1.82, 2.24) is 10.3 Å². The molecule has 0 radical (unpaired) electrons. The number of aryl methyl sites for hydroxylation is 2. The Morgan fingerprint density at radius 2 is 1.77 bits per heavy atom. The number of halogens is 1. The van der Waals surface area contributed by atoms with Crippen molar-refractivity contribution < 1.29 is 4.39 Å². The van der Waals surface area contributed by atoms with Crippen LogP contribution in [0.15, 0.2) is 36.5 Å². The van der Waals surface area contributed by atoms with Crippen molar-refractivity contribution in [3.8, 4) is 0 Å². The van der Waals surface area contributed by atoms with Gasteiger partial charge in [-0.05, 0) is 56.1 Å². The van der Waals surface area contributed by atoms with Gasteiger partial charge in [0, 0.05) is 24.4 Å². The molecule has 120 valence electrons. The summed E-state index contributed by atoms with van der Waals surface area (Å²) in [6.45, 7) is 8.80. The minimum atomic E-state index is -0.125. The van der Waals surface area contributed by atoms with Crippen LogP contribution in [0, 0.1) is 19.7 Å². The Labute approximate surface area is 133 Å². The predicted molar refractivity (Wildman–Crippen MR) is 91.8 cm³/mol. The average Bonchev–Trinajstić information content (AvgIpc) is 2.53. The maximum atomic E-state index is 14.0. The smallest absolute Gasteiger partial charge is 0.126 e. The van der Waals surface area contributed by atoms with Crippen LogP contribution in [0.3, 0.4) is 0 Å². The highest BCUT2D eigenvalue weighted by Gasteiger charge is 2.18. The number of benzene rings is 1. The van der Waals surface area contributed by atoms with E-state index in [1.165, 1.54) is 6.07 Å². The molecule has 0 fully saturated rings. The van der Waals surface area contributed by atoms with E-state index in [0.29, 0.717) is 6.42 Å². The molecule has 0 bridgehead atoms. The van der Waals surface area contributed by atoms with Crippen molar-refractivity contribution in [2.24, 2.45) is 0 Å². The lowest BCUT2D eigenvalue weighted by Crippen LogP contribution is -2.21. The van der Waals surface area contributed by atoms with Crippen LogP contribution < -0.4 is 5.32 Å². The fraction of sp³-hybridized carbons (Fsp3) is 0.421. The Kier molecular flexibility index (Phi) is 7.75. The van der Waals surface area contributed by atoms with Gasteiger partial charge in [0.15, 0.2) is 0 Å². The summed E-state index contributed by atoms with van der Waals surface area (Å²) in [4.78, 5) is 4.49. The lowest BCUT2D eigenvalue weighted by Gasteiger charge is -2.19. The van der Waals surface area contributed by atoms with E-state index < -0.39 is 0 Å². The fourth-order valence-corrected chi connectivity index (χ4v) is 2.61. The number of rotatable bonds is 5. The quantitative estimate of drug-likeness (QED) is 0.885. The summed E-state index contributed by atoms with van der Waals surface area (Å²) in [5, 5.41) is 3.19. The summed E-state index contributed by atoms with van der Waals surface area (Å²) in [6, 6.07) is 9.24. The molecule has 0 saturated heterocycles. The topological polar surface area (TPSA) is 24.9 Å². The van der Waals surface area contributed by atoms with Crippen LogP contribution in [-0.4, -0.2) is 18.6 Å². The number of aromatic nitrogens is 1. The third-order valence-corrected chi connectivity index (χ3v) is 3.69. The first kappa shape index (κ1) is 18.3. The van der Waals surface area contributed by atoms with Crippen molar-refractivity contribution >= 4 is 0 Å². The monoisotopic (exact) mass is 302 g/mol. The summed E-state index contributed by atoms with van der Waals surface area (Å²) in [7, 11) is 1.92. The van der Waals surface area contributed by atoms with Gasteiger partial charge < -0.3 is 5.32 Å². The summed E-state index contributed by atoms with van der Waals surface area (Å²) in [6.07, 6.45) is 2.47. The Balaban J connectivity index is 0.00000116. The van der Waals surface area contributed by atoms with Crippen molar-refractivity contribution in [3.05, 3.63) is 64.7 Å². The Morgan fingerprint density at radius 3 is 2.36 bits per heavy atom. The van der Waals surface area contributed by atoms with Crippen LogP contribution in [0.5, 0.6) is 0 Å². The zero-order valence-electron chi connectivity index (χ0n) is 14.3. The van der Waals surface area contributed by atoms with Gasteiger partial charge in [0.25, 0.3) is 0 Å². The molecule has 0 aliphatic carbocycles. The minimum absolute atomic E-state index is 0.125. The number of pyridine rings is 1. The summed E-state index contributed by atoms with van der Waals surface area (Å²) < 4.78 is 14.0. The third kappa shape index (κ3) is 4.63. The fourth-order valence-electron chi connectivity index (χ4n) is 2.61. The van der Waals surface area contributed by atoms with E-state index >= 15 is 0 Å². The highest BCUT2D eigenvalue weighted by molar-refractivity contribution is 5.31. The number of likely N-dealkylation sites (N-methyl/N-ethyl adjacent to an activating group) is 1. The molecule has 3 heteroatoms. The SMILES string of the molecule is CC.CNC[C@H](Cc1c(C)cccc1F)c1ncccc1C. The first-order valence-electron chi connectivity index (χ1n) is 7.93. The van der Waals surface area contributed by atoms with Crippen LogP contribution in [0.4, 0.5) is 4.39 Å². The second kappa shape index (κ2) is 9.31. The molecule has 0 unspecified atom stereocenters. The molecule has 1 atom stereocenters. The van der Waals surface area contributed by atoms with Crippen molar-refractivity contribution in [2.75, 3.05) is 13.6 Å². The van der Waals surface area contributed by atoms with Crippen LogP contribution in [0.1, 0.15) is 42.1 Å². The average molecular weight is 302 g/mol. The second-order valence-corrected chi connectivity index (χ2v) is 5.20. The number of nitrogens with zero attached hydrogens (tertiary/aromatic N) is 1. The van der Waals surface area contributed by atoms with Gasteiger partial charge in [-0.3, -0.25) is 4.98 Å². The highest BCUT2D eigenvalue weighted by Crippen LogP contribution is 2.24. The van der Waals surface area contributed by atoms with E-state index in [0.717, 1.165) is 28.9 Å². The van der Waals surface area contributed by atoms with Gasteiger partial charge in [0.2, 0.25) is 0 Å².